The topological polar surface area (TPSA) is 118 Å². The summed E-state index contributed by atoms with van der Waals surface area (Å²) in [6.07, 6.45) is -8.03. The summed E-state index contributed by atoms with van der Waals surface area (Å²) in [5, 5.41) is 37.3. The number of rotatable bonds is 1. The minimum Gasteiger partial charge on any atom is -0.547 e. The Bertz CT molecular complexity index is 279. The minimum absolute atomic E-state index is 1.12. The summed E-state index contributed by atoms with van der Waals surface area (Å²) in [4.78, 5) is 21.2. The molecule has 1 rings (SSSR count). The van der Waals surface area contributed by atoms with E-state index in [2.05, 4.69) is 0 Å². The van der Waals surface area contributed by atoms with Crippen LogP contribution in [0, 0.1) is 0 Å². The number of carboxylic acids is 1. The molecule has 0 aromatic rings. The Morgan fingerprint density at radius 3 is 2.50 bits per heavy atom. The van der Waals surface area contributed by atoms with Crippen LogP contribution in [0.4, 0.5) is 4.39 Å². The lowest BCUT2D eigenvalue weighted by Crippen LogP contribution is -2.66. The van der Waals surface area contributed by atoms with E-state index in [0.29, 0.717) is 0 Å². The Morgan fingerprint density at radius 2 is 2.07 bits per heavy atom. The molecule has 4 atom stereocenters. The molecule has 6 nitrogen and oxygen atoms in total. The number of carbonyl (C=O) groups is 2. The van der Waals surface area contributed by atoms with Crippen LogP contribution in [-0.2, 0) is 9.59 Å². The van der Waals surface area contributed by atoms with Crippen LogP contribution in [-0.4, -0.2) is 51.1 Å². The zero-order valence-electron chi connectivity index (χ0n) is 6.88. The van der Waals surface area contributed by atoms with Gasteiger partial charge in [0.25, 0.3) is 0 Å². The maximum Gasteiger partial charge on any atom is 0.167 e. The van der Waals surface area contributed by atoms with Crippen molar-refractivity contribution in [2.75, 3.05) is 0 Å². The fourth-order valence-corrected chi connectivity index (χ4v) is 1.29. The quantitative estimate of drug-likeness (QED) is 0.410. The second-order valence-electron chi connectivity index (χ2n) is 3.19. The van der Waals surface area contributed by atoms with Crippen molar-refractivity contribution in [1.29, 1.82) is 0 Å². The zero-order valence-corrected chi connectivity index (χ0v) is 6.88. The van der Waals surface area contributed by atoms with Crippen LogP contribution < -0.4 is 5.11 Å². The van der Waals surface area contributed by atoms with E-state index >= 15 is 0 Å². The second kappa shape index (κ2) is 3.26. The van der Waals surface area contributed by atoms with Gasteiger partial charge in [-0.05, 0) is 0 Å². The van der Waals surface area contributed by atoms with E-state index in [1.165, 1.54) is 0 Å². The van der Waals surface area contributed by atoms with E-state index < -0.39 is 42.2 Å². The Labute approximate surface area is 77.6 Å². The Kier molecular flexibility index (Phi) is 2.57. The fourth-order valence-electron chi connectivity index (χ4n) is 1.29. The van der Waals surface area contributed by atoms with E-state index in [-0.39, 0.29) is 0 Å². The molecule has 0 spiro atoms. The highest BCUT2D eigenvalue weighted by Gasteiger charge is 2.53. The molecule has 0 heterocycles. The maximum absolute atomic E-state index is 13.1. The number of carboxylic acid groups (broad SMARTS) is 1. The molecule has 0 aliphatic heterocycles. The van der Waals surface area contributed by atoms with Crippen LogP contribution >= 0.6 is 0 Å². The predicted molar refractivity (Wildman–Crippen MR) is 36.5 cm³/mol. The first-order valence-corrected chi connectivity index (χ1v) is 3.77. The van der Waals surface area contributed by atoms with E-state index in [9.17, 15) is 19.1 Å². The number of alkyl halides is 1. The van der Waals surface area contributed by atoms with Crippen LogP contribution in [0.1, 0.15) is 6.42 Å². The van der Waals surface area contributed by atoms with Crippen molar-refractivity contribution in [3.63, 3.8) is 0 Å². The number of halogens is 1. The van der Waals surface area contributed by atoms with Gasteiger partial charge in [0.15, 0.2) is 12.0 Å². The summed E-state index contributed by atoms with van der Waals surface area (Å²) in [6.45, 7) is 0. The molecule has 0 unspecified atom stereocenters. The van der Waals surface area contributed by atoms with Gasteiger partial charge in [0.1, 0.15) is 17.8 Å². The van der Waals surface area contributed by atoms with Gasteiger partial charge in [-0.2, -0.15) is 0 Å². The van der Waals surface area contributed by atoms with Gasteiger partial charge in [0, 0.05) is 6.42 Å². The first-order valence-electron chi connectivity index (χ1n) is 3.77. The van der Waals surface area contributed by atoms with Crippen molar-refractivity contribution in [2.45, 2.75) is 30.4 Å². The third-order valence-electron chi connectivity index (χ3n) is 2.21. The highest BCUT2D eigenvalue weighted by Crippen LogP contribution is 2.29. The molecule has 0 saturated heterocycles. The lowest BCUT2D eigenvalue weighted by Gasteiger charge is -2.39. The van der Waals surface area contributed by atoms with Crippen molar-refractivity contribution in [3.05, 3.63) is 0 Å². The third-order valence-corrected chi connectivity index (χ3v) is 2.21. The molecular formula is C7H8FO6-. The number of aliphatic carboxylic acids is 1. The highest BCUT2D eigenvalue weighted by atomic mass is 19.1. The van der Waals surface area contributed by atoms with Gasteiger partial charge < -0.3 is 25.2 Å². The summed E-state index contributed by atoms with van der Waals surface area (Å²) in [5.41, 5.74) is -3.06. The fraction of sp³-hybridized carbons (Fsp3) is 0.714. The van der Waals surface area contributed by atoms with Crippen molar-refractivity contribution < 1.29 is 34.4 Å². The molecule has 0 amide bonds. The van der Waals surface area contributed by atoms with E-state index in [1.54, 1.807) is 0 Å². The van der Waals surface area contributed by atoms with Gasteiger partial charge in [-0.3, -0.25) is 4.79 Å². The Morgan fingerprint density at radius 1 is 1.57 bits per heavy atom. The first-order chi connectivity index (χ1) is 6.30. The highest BCUT2D eigenvalue weighted by molar-refractivity contribution is 5.92. The van der Waals surface area contributed by atoms with Crippen molar-refractivity contribution in [2.24, 2.45) is 0 Å². The minimum atomic E-state index is -3.06. The Balaban J connectivity index is 3.02. The van der Waals surface area contributed by atoms with E-state index in [4.69, 9.17) is 15.3 Å². The largest absolute Gasteiger partial charge is 0.547 e. The van der Waals surface area contributed by atoms with Gasteiger partial charge in [0.2, 0.25) is 0 Å². The van der Waals surface area contributed by atoms with Gasteiger partial charge >= 0.3 is 0 Å². The van der Waals surface area contributed by atoms with Crippen LogP contribution in [0.3, 0.4) is 0 Å². The molecule has 0 bridgehead atoms. The number of Topliss-reactive ketones (excluding diaryl/α,β-unsaturated/α-hetero) is 1. The van der Waals surface area contributed by atoms with Crippen LogP contribution in [0.25, 0.3) is 0 Å². The van der Waals surface area contributed by atoms with Crippen molar-refractivity contribution >= 4 is 11.8 Å². The SMILES string of the molecule is O=C1C[C@@](O)(C(=O)[O-])[C@@H](F)[C@@H](O)[C@@H]1O. The number of hydrogen-bond donors (Lipinski definition) is 3. The average molecular weight is 207 g/mol. The number of aliphatic hydroxyl groups is 3. The maximum atomic E-state index is 13.1. The molecule has 14 heavy (non-hydrogen) atoms. The molecule has 1 saturated carbocycles. The van der Waals surface area contributed by atoms with Gasteiger partial charge in [-0.25, -0.2) is 4.39 Å². The molecule has 3 N–H and O–H groups in total. The monoisotopic (exact) mass is 207 g/mol. The van der Waals surface area contributed by atoms with Gasteiger partial charge in [0.05, 0.1) is 5.97 Å². The molecule has 0 aromatic heterocycles. The van der Waals surface area contributed by atoms with Gasteiger partial charge in [-0.1, -0.05) is 0 Å². The van der Waals surface area contributed by atoms with E-state index in [1.807, 2.05) is 0 Å². The molecule has 0 aromatic carbocycles. The van der Waals surface area contributed by atoms with Crippen molar-refractivity contribution in [3.8, 4) is 0 Å². The summed E-state index contributed by atoms with van der Waals surface area (Å²) in [7, 11) is 0. The number of carbonyl (C=O) groups excluding carboxylic acids is 2. The average Bonchev–Trinajstić information content (AvgIpc) is 2.11. The normalized spacial score (nSPS) is 43.7. The molecule has 0 radical (unpaired) electrons. The lowest BCUT2D eigenvalue weighted by molar-refractivity contribution is -0.332. The summed E-state index contributed by atoms with van der Waals surface area (Å²) in [6, 6.07) is 0. The zero-order chi connectivity index (χ0) is 11.1. The molecule has 80 valence electrons. The number of ketones is 1. The smallest absolute Gasteiger partial charge is 0.167 e. The van der Waals surface area contributed by atoms with Gasteiger partial charge in [-0.15, -0.1) is 0 Å². The van der Waals surface area contributed by atoms with Crippen LogP contribution in [0.2, 0.25) is 0 Å². The first kappa shape index (κ1) is 11.0. The number of aliphatic hydroxyl groups excluding tert-OH is 2. The molecule has 7 heteroatoms. The third kappa shape index (κ3) is 1.39. The van der Waals surface area contributed by atoms with Crippen LogP contribution in [0.15, 0.2) is 0 Å². The lowest BCUT2D eigenvalue weighted by atomic mass is 9.79. The molecule has 1 aliphatic rings. The van der Waals surface area contributed by atoms with E-state index in [0.717, 1.165) is 0 Å². The molecule has 1 aliphatic carbocycles. The molecule has 1 fully saturated rings. The summed E-state index contributed by atoms with van der Waals surface area (Å²) < 4.78 is 13.1. The van der Waals surface area contributed by atoms with Crippen molar-refractivity contribution in [1.82, 2.24) is 0 Å². The van der Waals surface area contributed by atoms with Crippen LogP contribution in [0.5, 0.6) is 0 Å². The standard InChI is InChI=1S/C7H9FO6/c8-5-4(11)3(10)2(9)1-7(5,14)6(12)13/h3-5,10-11,14H,1H2,(H,12,13)/p-1/t3-,4+,5+,7+/m1/s1. The summed E-state index contributed by atoms with van der Waals surface area (Å²) >= 11 is 0. The second-order valence-corrected chi connectivity index (χ2v) is 3.19. The predicted octanol–water partition coefficient (Wildman–Crippen LogP) is -3.50. The Hall–Kier alpha value is -1.05. The number of hydrogen-bond acceptors (Lipinski definition) is 6. The molecular weight excluding hydrogens is 199 g/mol. The summed E-state index contributed by atoms with van der Waals surface area (Å²) in [5.74, 6) is -3.33.